The second-order valence-electron chi connectivity index (χ2n) is 6.48. The highest BCUT2D eigenvalue weighted by molar-refractivity contribution is 5.75. The second kappa shape index (κ2) is 6.16. The molecular weight excluding hydrogens is 250 g/mol. The summed E-state index contributed by atoms with van der Waals surface area (Å²) in [6.07, 6.45) is 2.15. The van der Waals surface area contributed by atoms with Crippen LogP contribution in [-0.4, -0.2) is 35.6 Å². The van der Waals surface area contributed by atoms with Gasteiger partial charge in [-0.3, -0.25) is 0 Å². The zero-order valence-electron chi connectivity index (χ0n) is 12.6. The third-order valence-corrected chi connectivity index (χ3v) is 3.34. The summed E-state index contributed by atoms with van der Waals surface area (Å²) in [5.74, 6) is 0. The van der Waals surface area contributed by atoms with Gasteiger partial charge in [-0.2, -0.15) is 0 Å². The summed E-state index contributed by atoms with van der Waals surface area (Å²) >= 11 is 0. The van der Waals surface area contributed by atoms with E-state index in [0.29, 0.717) is 6.04 Å². The highest BCUT2D eigenvalue weighted by Gasteiger charge is 2.25. The number of piperidine rings is 1. The van der Waals surface area contributed by atoms with Crippen molar-refractivity contribution in [2.24, 2.45) is 0 Å². The number of urea groups is 1. The van der Waals surface area contributed by atoms with Gasteiger partial charge in [-0.25, -0.2) is 4.79 Å². The largest absolute Gasteiger partial charge is 0.381 e. The van der Waals surface area contributed by atoms with Crippen LogP contribution in [0.25, 0.3) is 0 Å². The molecular formula is C16H25N3O. The number of hydrogen-bond acceptors (Lipinski definition) is 2. The van der Waals surface area contributed by atoms with Gasteiger partial charge < -0.3 is 15.5 Å². The molecule has 0 spiro atoms. The Morgan fingerprint density at radius 1 is 1.25 bits per heavy atom. The Labute approximate surface area is 121 Å². The van der Waals surface area contributed by atoms with Crippen LogP contribution in [0.15, 0.2) is 30.3 Å². The average molecular weight is 275 g/mol. The molecule has 1 fully saturated rings. The third kappa shape index (κ3) is 4.44. The molecule has 1 aliphatic rings. The number of para-hydroxylation sites is 1. The Morgan fingerprint density at radius 3 is 2.60 bits per heavy atom. The van der Waals surface area contributed by atoms with E-state index in [1.54, 1.807) is 0 Å². The highest BCUT2D eigenvalue weighted by Crippen LogP contribution is 2.16. The first-order valence-corrected chi connectivity index (χ1v) is 7.33. The van der Waals surface area contributed by atoms with Crippen molar-refractivity contribution in [3.63, 3.8) is 0 Å². The summed E-state index contributed by atoms with van der Waals surface area (Å²) in [5, 5.41) is 6.54. The van der Waals surface area contributed by atoms with Gasteiger partial charge in [0.25, 0.3) is 0 Å². The molecule has 0 radical (unpaired) electrons. The van der Waals surface area contributed by atoms with Crippen molar-refractivity contribution >= 4 is 11.7 Å². The Bertz CT molecular complexity index is 439. The summed E-state index contributed by atoms with van der Waals surface area (Å²) in [6.45, 7) is 7.63. The number of anilines is 1. The summed E-state index contributed by atoms with van der Waals surface area (Å²) in [4.78, 5) is 14.1. The van der Waals surface area contributed by atoms with Gasteiger partial charge >= 0.3 is 6.03 Å². The Hall–Kier alpha value is -1.71. The van der Waals surface area contributed by atoms with Crippen LogP contribution in [-0.2, 0) is 0 Å². The Morgan fingerprint density at radius 2 is 1.95 bits per heavy atom. The SMILES string of the molecule is CC(C)(C)NC(=O)N1CCCC(Nc2ccccc2)C1. The van der Waals surface area contributed by atoms with Crippen molar-refractivity contribution in [3.05, 3.63) is 30.3 Å². The van der Waals surface area contributed by atoms with Crippen LogP contribution < -0.4 is 10.6 Å². The molecule has 2 rings (SSSR count). The van der Waals surface area contributed by atoms with E-state index >= 15 is 0 Å². The molecule has 0 bridgehead atoms. The number of hydrogen-bond donors (Lipinski definition) is 2. The van der Waals surface area contributed by atoms with Gasteiger partial charge in [0.2, 0.25) is 0 Å². The molecule has 4 nitrogen and oxygen atoms in total. The minimum atomic E-state index is -0.184. The molecule has 0 aromatic heterocycles. The average Bonchev–Trinajstić information content (AvgIpc) is 2.38. The van der Waals surface area contributed by atoms with Crippen LogP contribution in [0.5, 0.6) is 0 Å². The van der Waals surface area contributed by atoms with Crippen LogP contribution in [0, 0.1) is 0 Å². The molecule has 1 aromatic rings. The summed E-state index contributed by atoms with van der Waals surface area (Å²) in [7, 11) is 0. The number of benzene rings is 1. The second-order valence-corrected chi connectivity index (χ2v) is 6.48. The van der Waals surface area contributed by atoms with E-state index in [9.17, 15) is 4.79 Å². The molecule has 1 atom stereocenters. The fraction of sp³-hybridized carbons (Fsp3) is 0.562. The standard InChI is InChI=1S/C16H25N3O/c1-16(2,3)18-15(20)19-11-7-10-14(12-19)17-13-8-5-4-6-9-13/h4-6,8-9,14,17H,7,10-12H2,1-3H3,(H,18,20). The first-order chi connectivity index (χ1) is 9.44. The smallest absolute Gasteiger partial charge is 0.317 e. The number of amides is 2. The molecule has 2 N–H and O–H groups in total. The minimum absolute atomic E-state index is 0.0389. The van der Waals surface area contributed by atoms with E-state index in [4.69, 9.17) is 0 Å². The Balaban J connectivity index is 1.90. The first-order valence-electron chi connectivity index (χ1n) is 7.33. The van der Waals surface area contributed by atoms with Crippen LogP contribution >= 0.6 is 0 Å². The lowest BCUT2D eigenvalue weighted by atomic mass is 10.1. The maximum absolute atomic E-state index is 12.2. The normalized spacial score (nSPS) is 19.6. The number of carbonyl (C=O) groups excluding carboxylic acids is 1. The maximum Gasteiger partial charge on any atom is 0.317 e. The van der Waals surface area contributed by atoms with E-state index in [1.165, 1.54) is 0 Å². The third-order valence-electron chi connectivity index (χ3n) is 3.34. The van der Waals surface area contributed by atoms with Crippen molar-refractivity contribution in [2.45, 2.75) is 45.2 Å². The Kier molecular flexibility index (Phi) is 4.53. The number of likely N-dealkylation sites (tertiary alicyclic amines) is 1. The fourth-order valence-electron chi connectivity index (χ4n) is 2.45. The molecule has 1 aliphatic heterocycles. The number of nitrogens with one attached hydrogen (secondary N) is 2. The van der Waals surface area contributed by atoms with Crippen LogP contribution in [0.2, 0.25) is 0 Å². The lowest BCUT2D eigenvalue weighted by Crippen LogP contribution is -2.53. The maximum atomic E-state index is 12.2. The van der Waals surface area contributed by atoms with Crippen molar-refractivity contribution < 1.29 is 4.79 Å². The molecule has 1 heterocycles. The molecule has 0 aliphatic carbocycles. The summed E-state index contributed by atoms with van der Waals surface area (Å²) < 4.78 is 0. The number of carbonyl (C=O) groups is 1. The monoisotopic (exact) mass is 275 g/mol. The van der Waals surface area contributed by atoms with Gasteiger partial charge in [-0.05, 0) is 45.7 Å². The highest BCUT2D eigenvalue weighted by atomic mass is 16.2. The number of rotatable bonds is 2. The molecule has 2 amide bonds. The molecule has 4 heteroatoms. The fourth-order valence-corrected chi connectivity index (χ4v) is 2.45. The van der Waals surface area contributed by atoms with E-state index < -0.39 is 0 Å². The van der Waals surface area contributed by atoms with E-state index in [0.717, 1.165) is 31.6 Å². The molecule has 1 unspecified atom stereocenters. The van der Waals surface area contributed by atoms with Gasteiger partial charge in [-0.1, -0.05) is 18.2 Å². The van der Waals surface area contributed by atoms with E-state index in [1.807, 2.05) is 43.9 Å². The molecule has 0 saturated carbocycles. The van der Waals surface area contributed by atoms with E-state index in [-0.39, 0.29) is 11.6 Å². The molecule has 110 valence electrons. The van der Waals surface area contributed by atoms with Gasteiger partial charge in [-0.15, -0.1) is 0 Å². The predicted octanol–water partition coefficient (Wildman–Crippen LogP) is 3.07. The van der Waals surface area contributed by atoms with Crippen molar-refractivity contribution in [2.75, 3.05) is 18.4 Å². The topological polar surface area (TPSA) is 44.4 Å². The molecule has 1 saturated heterocycles. The van der Waals surface area contributed by atoms with Gasteiger partial charge in [0.1, 0.15) is 0 Å². The van der Waals surface area contributed by atoms with Gasteiger partial charge in [0, 0.05) is 30.4 Å². The summed E-state index contributed by atoms with van der Waals surface area (Å²) in [6, 6.07) is 10.6. The van der Waals surface area contributed by atoms with Gasteiger partial charge in [0.05, 0.1) is 0 Å². The number of nitrogens with zero attached hydrogens (tertiary/aromatic N) is 1. The lowest BCUT2D eigenvalue weighted by Gasteiger charge is -2.35. The van der Waals surface area contributed by atoms with Crippen LogP contribution in [0.1, 0.15) is 33.6 Å². The molecule has 20 heavy (non-hydrogen) atoms. The van der Waals surface area contributed by atoms with Gasteiger partial charge in [0.15, 0.2) is 0 Å². The van der Waals surface area contributed by atoms with E-state index in [2.05, 4.69) is 22.8 Å². The van der Waals surface area contributed by atoms with Crippen molar-refractivity contribution in [1.82, 2.24) is 10.2 Å². The zero-order chi connectivity index (χ0) is 14.6. The quantitative estimate of drug-likeness (QED) is 0.871. The van der Waals surface area contributed by atoms with Crippen molar-refractivity contribution in [1.29, 1.82) is 0 Å². The predicted molar refractivity (Wildman–Crippen MR) is 82.9 cm³/mol. The molecule has 1 aromatic carbocycles. The first kappa shape index (κ1) is 14.7. The van der Waals surface area contributed by atoms with Crippen molar-refractivity contribution in [3.8, 4) is 0 Å². The van der Waals surface area contributed by atoms with Crippen LogP contribution in [0.3, 0.4) is 0 Å². The minimum Gasteiger partial charge on any atom is -0.381 e. The van der Waals surface area contributed by atoms with Crippen LogP contribution in [0.4, 0.5) is 10.5 Å². The lowest BCUT2D eigenvalue weighted by molar-refractivity contribution is 0.174. The summed E-state index contributed by atoms with van der Waals surface area (Å²) in [5.41, 5.74) is 0.937. The zero-order valence-corrected chi connectivity index (χ0v) is 12.6.